The first-order valence-corrected chi connectivity index (χ1v) is 4.36. The van der Waals surface area contributed by atoms with Crippen LogP contribution in [0, 0.1) is 22.7 Å². The molecule has 0 radical (unpaired) electrons. The van der Waals surface area contributed by atoms with Gasteiger partial charge < -0.3 is 5.32 Å². The number of nitrogens with zero attached hydrogens (tertiary/aromatic N) is 3. The van der Waals surface area contributed by atoms with Crippen LogP contribution in [0.3, 0.4) is 0 Å². The van der Waals surface area contributed by atoms with E-state index >= 15 is 0 Å². The van der Waals surface area contributed by atoms with Gasteiger partial charge in [0.15, 0.2) is 0 Å². The predicted molar refractivity (Wildman–Crippen MR) is 50.9 cm³/mol. The van der Waals surface area contributed by atoms with Gasteiger partial charge in [-0.15, -0.1) is 0 Å². The molecule has 14 heavy (non-hydrogen) atoms. The van der Waals surface area contributed by atoms with Crippen LogP contribution in [0.15, 0.2) is 0 Å². The van der Waals surface area contributed by atoms with E-state index in [1.54, 1.807) is 4.90 Å². The molecular weight excluding hydrogens is 180 g/mol. The molecule has 0 aromatic rings. The van der Waals surface area contributed by atoms with Gasteiger partial charge in [0.05, 0.1) is 25.2 Å². The second-order valence-electron chi connectivity index (χ2n) is 3.09. The first kappa shape index (κ1) is 12.4. The van der Waals surface area contributed by atoms with Crippen molar-refractivity contribution in [1.82, 2.24) is 10.2 Å². The van der Waals surface area contributed by atoms with Gasteiger partial charge in [-0.1, -0.05) is 0 Å². The minimum Gasteiger partial charge on any atom is -0.342 e. The molecule has 0 unspecified atom stereocenters. The molecule has 76 valence electrons. The maximum atomic E-state index is 11.2. The molecule has 1 amide bonds. The summed E-state index contributed by atoms with van der Waals surface area (Å²) in [6, 6.07) is 3.95. The Balaban J connectivity index is 3.99. The molecule has 0 aliphatic rings. The number of carbonyl (C=O) groups is 1. The molecule has 0 atom stereocenters. The molecule has 1 N–H and O–H groups in total. The molecule has 0 spiro atoms. The standard InChI is InChI=1S/C9H14N4O/c1-8(2)13(6-4-11)7-9(14)12-5-3-10/h8H,5-7H2,1-2H3,(H,12,14). The highest BCUT2D eigenvalue weighted by Gasteiger charge is 2.12. The molecule has 0 saturated heterocycles. The SMILES string of the molecule is CC(C)N(CC#N)CC(=O)NCC#N. The molecule has 0 heterocycles. The van der Waals surface area contributed by atoms with Crippen molar-refractivity contribution in [3.8, 4) is 12.1 Å². The third kappa shape index (κ3) is 5.13. The van der Waals surface area contributed by atoms with Gasteiger partial charge in [0.25, 0.3) is 0 Å². The van der Waals surface area contributed by atoms with Gasteiger partial charge in [0, 0.05) is 6.04 Å². The van der Waals surface area contributed by atoms with E-state index in [9.17, 15) is 4.79 Å². The molecule has 5 heteroatoms. The smallest absolute Gasteiger partial charge is 0.235 e. The van der Waals surface area contributed by atoms with E-state index in [4.69, 9.17) is 10.5 Å². The van der Waals surface area contributed by atoms with Gasteiger partial charge in [-0.05, 0) is 13.8 Å². The largest absolute Gasteiger partial charge is 0.342 e. The Morgan fingerprint density at radius 2 is 2.07 bits per heavy atom. The number of carbonyl (C=O) groups excluding carboxylic acids is 1. The van der Waals surface area contributed by atoms with Crippen LogP contribution in [-0.2, 0) is 4.79 Å². The van der Waals surface area contributed by atoms with E-state index in [1.807, 2.05) is 26.0 Å². The molecule has 0 fully saturated rings. The zero-order valence-electron chi connectivity index (χ0n) is 8.45. The number of nitrogens with one attached hydrogen (secondary N) is 1. The van der Waals surface area contributed by atoms with Gasteiger partial charge >= 0.3 is 0 Å². The van der Waals surface area contributed by atoms with Gasteiger partial charge in [-0.25, -0.2) is 0 Å². The van der Waals surface area contributed by atoms with E-state index < -0.39 is 0 Å². The number of rotatable bonds is 5. The van der Waals surface area contributed by atoms with Crippen molar-refractivity contribution in [3.05, 3.63) is 0 Å². The molecule has 0 bridgehead atoms. The van der Waals surface area contributed by atoms with Crippen LogP contribution in [0.1, 0.15) is 13.8 Å². The zero-order chi connectivity index (χ0) is 11.0. The number of hydrogen-bond acceptors (Lipinski definition) is 4. The first-order chi connectivity index (χ1) is 6.61. The minimum absolute atomic E-state index is 0.0112. The fourth-order valence-corrected chi connectivity index (χ4v) is 0.890. The fraction of sp³-hybridized carbons (Fsp3) is 0.667. The van der Waals surface area contributed by atoms with Crippen molar-refractivity contribution in [2.75, 3.05) is 19.6 Å². The van der Waals surface area contributed by atoms with Crippen LogP contribution >= 0.6 is 0 Å². The molecule has 0 aromatic heterocycles. The Morgan fingerprint density at radius 1 is 1.43 bits per heavy atom. The second kappa shape index (κ2) is 6.88. The van der Waals surface area contributed by atoms with Gasteiger partial charge in [-0.3, -0.25) is 9.69 Å². The van der Waals surface area contributed by atoms with Crippen molar-refractivity contribution in [1.29, 1.82) is 10.5 Å². The minimum atomic E-state index is -0.226. The summed E-state index contributed by atoms with van der Waals surface area (Å²) in [5.41, 5.74) is 0. The topological polar surface area (TPSA) is 79.9 Å². The number of nitriles is 2. The molecule has 0 rings (SSSR count). The van der Waals surface area contributed by atoms with E-state index in [0.717, 1.165) is 0 Å². The number of amides is 1. The Morgan fingerprint density at radius 3 is 2.50 bits per heavy atom. The van der Waals surface area contributed by atoms with Gasteiger partial charge in [0.2, 0.25) is 5.91 Å². The Bertz CT molecular complexity index is 261. The van der Waals surface area contributed by atoms with Crippen LogP contribution in [0.4, 0.5) is 0 Å². The van der Waals surface area contributed by atoms with Crippen molar-refractivity contribution in [2.24, 2.45) is 0 Å². The molecule has 0 aliphatic carbocycles. The Labute approximate surface area is 83.9 Å². The van der Waals surface area contributed by atoms with Gasteiger partial charge in [-0.2, -0.15) is 10.5 Å². The van der Waals surface area contributed by atoms with Crippen molar-refractivity contribution < 1.29 is 4.79 Å². The quantitative estimate of drug-likeness (QED) is 0.618. The lowest BCUT2D eigenvalue weighted by Crippen LogP contribution is -2.41. The van der Waals surface area contributed by atoms with Crippen molar-refractivity contribution in [3.63, 3.8) is 0 Å². The summed E-state index contributed by atoms with van der Waals surface area (Å²) < 4.78 is 0. The van der Waals surface area contributed by atoms with E-state index in [1.165, 1.54) is 0 Å². The maximum Gasteiger partial charge on any atom is 0.235 e. The third-order valence-corrected chi connectivity index (χ3v) is 1.72. The summed E-state index contributed by atoms with van der Waals surface area (Å²) in [6.07, 6.45) is 0. The van der Waals surface area contributed by atoms with Crippen LogP contribution < -0.4 is 5.32 Å². The summed E-state index contributed by atoms with van der Waals surface area (Å²) in [4.78, 5) is 12.9. The Hall–Kier alpha value is -1.59. The highest BCUT2D eigenvalue weighted by Crippen LogP contribution is 1.95. The maximum absolute atomic E-state index is 11.2. The molecule has 0 aromatic carbocycles. The van der Waals surface area contributed by atoms with Crippen LogP contribution in [0.2, 0.25) is 0 Å². The zero-order valence-corrected chi connectivity index (χ0v) is 8.45. The highest BCUT2D eigenvalue weighted by atomic mass is 16.2. The molecule has 0 aliphatic heterocycles. The fourth-order valence-electron chi connectivity index (χ4n) is 0.890. The molecular formula is C9H14N4O. The highest BCUT2D eigenvalue weighted by molar-refractivity contribution is 5.78. The average Bonchev–Trinajstić information content (AvgIpc) is 2.14. The van der Waals surface area contributed by atoms with Crippen LogP contribution in [-0.4, -0.2) is 36.5 Å². The summed E-state index contributed by atoms with van der Waals surface area (Å²) in [7, 11) is 0. The average molecular weight is 194 g/mol. The molecule has 0 saturated carbocycles. The summed E-state index contributed by atoms with van der Waals surface area (Å²) >= 11 is 0. The van der Waals surface area contributed by atoms with E-state index in [2.05, 4.69) is 5.32 Å². The summed E-state index contributed by atoms with van der Waals surface area (Å²) in [6.45, 7) is 4.21. The predicted octanol–water partition coefficient (Wildman–Crippen LogP) is -0.140. The van der Waals surface area contributed by atoms with Gasteiger partial charge in [0.1, 0.15) is 6.54 Å². The second-order valence-corrected chi connectivity index (χ2v) is 3.09. The lowest BCUT2D eigenvalue weighted by atomic mass is 10.3. The summed E-state index contributed by atoms with van der Waals surface area (Å²) in [5, 5.41) is 19.2. The molecule has 5 nitrogen and oxygen atoms in total. The Kier molecular flexibility index (Phi) is 6.09. The monoisotopic (exact) mass is 194 g/mol. The van der Waals surface area contributed by atoms with Crippen LogP contribution in [0.25, 0.3) is 0 Å². The van der Waals surface area contributed by atoms with E-state index in [0.29, 0.717) is 0 Å². The lowest BCUT2D eigenvalue weighted by molar-refractivity contribution is -0.122. The van der Waals surface area contributed by atoms with Crippen molar-refractivity contribution >= 4 is 5.91 Å². The summed E-state index contributed by atoms with van der Waals surface area (Å²) in [5.74, 6) is -0.226. The number of hydrogen-bond donors (Lipinski definition) is 1. The first-order valence-electron chi connectivity index (χ1n) is 4.36. The lowest BCUT2D eigenvalue weighted by Gasteiger charge is -2.22. The third-order valence-electron chi connectivity index (χ3n) is 1.72. The normalized spacial score (nSPS) is 9.57. The van der Waals surface area contributed by atoms with E-state index in [-0.39, 0.29) is 31.6 Å². The van der Waals surface area contributed by atoms with Crippen molar-refractivity contribution in [2.45, 2.75) is 19.9 Å². The van der Waals surface area contributed by atoms with Crippen LogP contribution in [0.5, 0.6) is 0 Å².